The van der Waals surface area contributed by atoms with Crippen LogP contribution in [0.15, 0.2) is 18.2 Å². The average Bonchev–Trinajstić information content (AvgIpc) is 2.24. The SMILES string of the molecule is COc1ccc(C(C)(C)CC(C)(C)C)cc1C=O. The van der Waals surface area contributed by atoms with E-state index in [2.05, 4.69) is 40.7 Å². The molecule has 0 aliphatic rings. The topological polar surface area (TPSA) is 26.3 Å². The van der Waals surface area contributed by atoms with Crippen LogP contribution < -0.4 is 4.74 Å². The standard InChI is InChI=1S/C16H24O2/c1-15(2,3)11-16(4,5)13-7-8-14(18-6)12(9-13)10-17/h7-10H,11H2,1-6H3. The van der Waals surface area contributed by atoms with Crippen LogP contribution in [0.25, 0.3) is 0 Å². The van der Waals surface area contributed by atoms with Gasteiger partial charge in [0.1, 0.15) is 5.75 Å². The smallest absolute Gasteiger partial charge is 0.153 e. The van der Waals surface area contributed by atoms with Crippen molar-refractivity contribution in [1.82, 2.24) is 0 Å². The van der Waals surface area contributed by atoms with Crippen molar-refractivity contribution in [2.75, 3.05) is 7.11 Å². The summed E-state index contributed by atoms with van der Waals surface area (Å²) < 4.78 is 5.17. The third-order valence-corrected chi connectivity index (χ3v) is 3.11. The lowest BCUT2D eigenvalue weighted by Crippen LogP contribution is -2.25. The van der Waals surface area contributed by atoms with Crippen molar-refractivity contribution in [3.8, 4) is 5.75 Å². The minimum atomic E-state index is 0.0439. The average molecular weight is 248 g/mol. The first-order valence-electron chi connectivity index (χ1n) is 6.33. The predicted molar refractivity (Wildman–Crippen MR) is 75.5 cm³/mol. The van der Waals surface area contributed by atoms with E-state index in [9.17, 15) is 4.79 Å². The molecule has 2 nitrogen and oxygen atoms in total. The summed E-state index contributed by atoms with van der Waals surface area (Å²) in [6.45, 7) is 11.1. The van der Waals surface area contributed by atoms with Crippen LogP contribution in [-0.4, -0.2) is 13.4 Å². The van der Waals surface area contributed by atoms with Crippen LogP contribution in [-0.2, 0) is 5.41 Å². The minimum absolute atomic E-state index is 0.0439. The molecule has 1 aromatic rings. The summed E-state index contributed by atoms with van der Waals surface area (Å²) in [5.41, 5.74) is 2.10. The van der Waals surface area contributed by atoms with E-state index in [1.807, 2.05) is 12.1 Å². The highest BCUT2D eigenvalue weighted by Gasteiger charge is 2.27. The summed E-state index contributed by atoms with van der Waals surface area (Å²) >= 11 is 0. The van der Waals surface area contributed by atoms with E-state index in [1.165, 1.54) is 5.56 Å². The Balaban J connectivity index is 3.13. The molecule has 0 unspecified atom stereocenters. The molecule has 0 aliphatic carbocycles. The Morgan fingerprint density at radius 1 is 1.17 bits per heavy atom. The number of hydrogen-bond donors (Lipinski definition) is 0. The van der Waals surface area contributed by atoms with Gasteiger partial charge in [-0.15, -0.1) is 0 Å². The second kappa shape index (κ2) is 5.13. The minimum Gasteiger partial charge on any atom is -0.496 e. The first kappa shape index (κ1) is 14.7. The van der Waals surface area contributed by atoms with Crippen LogP contribution in [0.1, 0.15) is 57.0 Å². The molecule has 0 aliphatic heterocycles. The fraction of sp³-hybridized carbons (Fsp3) is 0.562. The van der Waals surface area contributed by atoms with Gasteiger partial charge in [0, 0.05) is 0 Å². The maximum absolute atomic E-state index is 11.1. The van der Waals surface area contributed by atoms with Crippen molar-refractivity contribution < 1.29 is 9.53 Å². The molecule has 2 heteroatoms. The largest absolute Gasteiger partial charge is 0.496 e. The molecule has 18 heavy (non-hydrogen) atoms. The van der Waals surface area contributed by atoms with Crippen LogP contribution in [0.3, 0.4) is 0 Å². The summed E-state index contributed by atoms with van der Waals surface area (Å²) in [6.07, 6.45) is 1.92. The number of methoxy groups -OCH3 is 1. The van der Waals surface area contributed by atoms with Crippen LogP contribution in [0, 0.1) is 5.41 Å². The molecule has 0 amide bonds. The Bertz CT molecular complexity index is 425. The lowest BCUT2D eigenvalue weighted by molar-refractivity contribution is 0.112. The van der Waals surface area contributed by atoms with Gasteiger partial charge in [0.05, 0.1) is 12.7 Å². The first-order valence-corrected chi connectivity index (χ1v) is 6.33. The fourth-order valence-electron chi connectivity index (χ4n) is 2.68. The number of carbonyl (C=O) groups excluding carboxylic acids is 1. The number of rotatable bonds is 4. The number of aldehydes is 1. The molecule has 0 fully saturated rings. The Morgan fingerprint density at radius 2 is 1.78 bits per heavy atom. The Labute approximate surface area is 110 Å². The van der Waals surface area contributed by atoms with Gasteiger partial charge in [-0.3, -0.25) is 4.79 Å². The van der Waals surface area contributed by atoms with Crippen molar-refractivity contribution >= 4 is 6.29 Å². The number of hydrogen-bond acceptors (Lipinski definition) is 2. The summed E-state index contributed by atoms with van der Waals surface area (Å²) in [4.78, 5) is 11.1. The quantitative estimate of drug-likeness (QED) is 0.746. The predicted octanol–water partition coefficient (Wildman–Crippen LogP) is 4.22. The van der Waals surface area contributed by atoms with E-state index in [4.69, 9.17) is 4.74 Å². The van der Waals surface area contributed by atoms with Gasteiger partial charge in [-0.2, -0.15) is 0 Å². The van der Waals surface area contributed by atoms with Crippen molar-refractivity contribution in [2.45, 2.75) is 46.5 Å². The highest BCUT2D eigenvalue weighted by Crippen LogP contribution is 2.37. The van der Waals surface area contributed by atoms with Crippen LogP contribution in [0.4, 0.5) is 0 Å². The van der Waals surface area contributed by atoms with Gasteiger partial charge in [-0.05, 0) is 34.9 Å². The second-order valence-corrected chi connectivity index (χ2v) is 6.70. The van der Waals surface area contributed by atoms with Crippen molar-refractivity contribution in [3.63, 3.8) is 0 Å². The molecule has 0 atom stereocenters. The third-order valence-electron chi connectivity index (χ3n) is 3.11. The lowest BCUT2D eigenvalue weighted by Gasteiger charge is -2.33. The van der Waals surface area contributed by atoms with Crippen LogP contribution >= 0.6 is 0 Å². The monoisotopic (exact) mass is 248 g/mol. The molecule has 0 N–H and O–H groups in total. The van der Waals surface area contributed by atoms with E-state index >= 15 is 0 Å². The van der Waals surface area contributed by atoms with E-state index in [1.54, 1.807) is 7.11 Å². The molecule has 100 valence electrons. The molecule has 0 saturated heterocycles. The normalized spacial score (nSPS) is 12.3. The molecule has 0 radical (unpaired) electrons. The molecule has 1 rings (SSSR count). The molecule has 0 aromatic heterocycles. The molecular formula is C16H24O2. The third kappa shape index (κ3) is 3.59. The number of carbonyl (C=O) groups is 1. The van der Waals surface area contributed by atoms with E-state index in [-0.39, 0.29) is 10.8 Å². The van der Waals surface area contributed by atoms with Crippen molar-refractivity contribution in [3.05, 3.63) is 29.3 Å². The Kier molecular flexibility index (Phi) is 4.20. The summed E-state index contributed by atoms with van der Waals surface area (Å²) in [5.74, 6) is 0.639. The van der Waals surface area contributed by atoms with Gasteiger partial charge in [0.25, 0.3) is 0 Å². The molecular weight excluding hydrogens is 224 g/mol. The van der Waals surface area contributed by atoms with Gasteiger partial charge < -0.3 is 4.74 Å². The Hall–Kier alpha value is -1.31. The zero-order valence-corrected chi connectivity index (χ0v) is 12.3. The van der Waals surface area contributed by atoms with Gasteiger partial charge in [-0.25, -0.2) is 0 Å². The van der Waals surface area contributed by atoms with Crippen LogP contribution in [0.2, 0.25) is 0 Å². The summed E-state index contributed by atoms with van der Waals surface area (Å²) in [7, 11) is 1.59. The number of benzene rings is 1. The van der Waals surface area contributed by atoms with Gasteiger partial charge in [0.15, 0.2) is 6.29 Å². The molecule has 0 spiro atoms. The first-order chi connectivity index (χ1) is 8.19. The number of ether oxygens (including phenoxy) is 1. The van der Waals surface area contributed by atoms with E-state index in [0.29, 0.717) is 11.3 Å². The van der Waals surface area contributed by atoms with Gasteiger partial charge in [0.2, 0.25) is 0 Å². The molecule has 0 heterocycles. The lowest BCUT2D eigenvalue weighted by atomic mass is 9.72. The maximum Gasteiger partial charge on any atom is 0.153 e. The van der Waals surface area contributed by atoms with Crippen LogP contribution in [0.5, 0.6) is 5.75 Å². The highest BCUT2D eigenvalue weighted by atomic mass is 16.5. The Morgan fingerprint density at radius 3 is 2.22 bits per heavy atom. The van der Waals surface area contributed by atoms with Crippen molar-refractivity contribution in [2.24, 2.45) is 5.41 Å². The summed E-state index contributed by atoms with van der Waals surface area (Å²) in [5, 5.41) is 0. The highest BCUT2D eigenvalue weighted by molar-refractivity contribution is 5.79. The zero-order valence-electron chi connectivity index (χ0n) is 12.3. The van der Waals surface area contributed by atoms with E-state index in [0.717, 1.165) is 12.7 Å². The van der Waals surface area contributed by atoms with Gasteiger partial charge in [-0.1, -0.05) is 40.7 Å². The molecule has 1 aromatic carbocycles. The van der Waals surface area contributed by atoms with Gasteiger partial charge >= 0.3 is 0 Å². The summed E-state index contributed by atoms with van der Waals surface area (Å²) in [6, 6.07) is 5.87. The molecule has 0 bridgehead atoms. The second-order valence-electron chi connectivity index (χ2n) is 6.70. The zero-order chi connectivity index (χ0) is 14.0. The molecule has 0 saturated carbocycles. The van der Waals surface area contributed by atoms with Crippen molar-refractivity contribution in [1.29, 1.82) is 0 Å². The van der Waals surface area contributed by atoms with E-state index < -0.39 is 0 Å². The maximum atomic E-state index is 11.1. The fourth-order valence-corrected chi connectivity index (χ4v) is 2.68.